The second-order valence-corrected chi connectivity index (χ2v) is 4.73. The van der Waals surface area contributed by atoms with Crippen molar-refractivity contribution in [1.82, 2.24) is 4.90 Å². The Morgan fingerprint density at radius 3 is 2.76 bits per heavy atom. The van der Waals surface area contributed by atoms with E-state index >= 15 is 0 Å². The van der Waals surface area contributed by atoms with Crippen molar-refractivity contribution in [2.45, 2.75) is 25.6 Å². The number of nitrogens with one attached hydrogen (secondary N) is 1. The van der Waals surface area contributed by atoms with Gasteiger partial charge in [0.05, 0.1) is 0 Å². The second kappa shape index (κ2) is 5.36. The number of rotatable bonds is 3. The van der Waals surface area contributed by atoms with Crippen molar-refractivity contribution in [3.63, 3.8) is 0 Å². The summed E-state index contributed by atoms with van der Waals surface area (Å²) < 4.78 is 12.9. The van der Waals surface area contributed by atoms with Crippen LogP contribution in [0.5, 0.6) is 0 Å². The molecule has 3 N–H and O–H groups in total. The molecule has 0 saturated carbocycles. The lowest BCUT2D eigenvalue weighted by Gasteiger charge is -2.30. The fourth-order valence-electron chi connectivity index (χ4n) is 2.26. The summed E-state index contributed by atoms with van der Waals surface area (Å²) in [6.07, 6.45) is 2.19. The molecule has 0 aliphatic carbocycles. The summed E-state index contributed by atoms with van der Waals surface area (Å²) in [7, 11) is 2.13. The highest BCUT2D eigenvalue weighted by molar-refractivity contribution is 5.63. The zero-order chi connectivity index (χ0) is 12.3. The van der Waals surface area contributed by atoms with Crippen molar-refractivity contribution in [1.29, 1.82) is 0 Å². The Morgan fingerprint density at radius 2 is 2.12 bits per heavy atom. The van der Waals surface area contributed by atoms with Gasteiger partial charge in [0.1, 0.15) is 6.67 Å². The molecule has 17 heavy (non-hydrogen) atoms. The number of piperidine rings is 1. The third kappa shape index (κ3) is 2.88. The molecule has 2 rings (SSSR count). The van der Waals surface area contributed by atoms with Gasteiger partial charge in [0, 0.05) is 23.0 Å². The molecule has 4 heteroatoms. The van der Waals surface area contributed by atoms with Crippen LogP contribution in [0.1, 0.15) is 18.4 Å². The van der Waals surface area contributed by atoms with E-state index in [9.17, 15) is 4.39 Å². The number of hydrogen-bond donors (Lipinski definition) is 2. The van der Waals surface area contributed by atoms with E-state index in [0.717, 1.165) is 31.6 Å². The number of halogens is 1. The molecule has 0 spiro atoms. The predicted octanol–water partition coefficient (Wildman–Crippen LogP) is 2.24. The van der Waals surface area contributed by atoms with Gasteiger partial charge >= 0.3 is 0 Å². The Kier molecular flexibility index (Phi) is 3.84. The molecule has 1 aliphatic heterocycles. The molecule has 0 radical (unpaired) electrons. The zero-order valence-electron chi connectivity index (χ0n) is 10.2. The average Bonchev–Trinajstić information content (AvgIpc) is 2.32. The average molecular weight is 237 g/mol. The molecule has 3 nitrogen and oxygen atoms in total. The lowest BCUT2D eigenvalue weighted by Crippen LogP contribution is -2.36. The highest BCUT2D eigenvalue weighted by Gasteiger charge is 2.17. The van der Waals surface area contributed by atoms with Crippen molar-refractivity contribution < 1.29 is 4.39 Å². The Morgan fingerprint density at radius 1 is 1.41 bits per heavy atom. The fraction of sp³-hybridized carbons (Fsp3) is 0.538. The topological polar surface area (TPSA) is 41.3 Å². The summed E-state index contributed by atoms with van der Waals surface area (Å²) in [6.45, 7) is 1.66. The number of alkyl halides is 1. The quantitative estimate of drug-likeness (QED) is 0.792. The minimum absolute atomic E-state index is 0.429. The smallest absolute Gasteiger partial charge is 0.118 e. The van der Waals surface area contributed by atoms with E-state index in [2.05, 4.69) is 17.3 Å². The van der Waals surface area contributed by atoms with E-state index < -0.39 is 6.67 Å². The molecule has 0 aromatic heterocycles. The Bertz CT molecular complexity index is 373. The first-order valence-electron chi connectivity index (χ1n) is 6.09. The van der Waals surface area contributed by atoms with E-state index in [-0.39, 0.29) is 0 Å². The van der Waals surface area contributed by atoms with E-state index in [1.807, 2.05) is 12.1 Å². The van der Waals surface area contributed by atoms with Gasteiger partial charge in [0.15, 0.2) is 0 Å². The van der Waals surface area contributed by atoms with Gasteiger partial charge in [-0.25, -0.2) is 4.39 Å². The predicted molar refractivity (Wildman–Crippen MR) is 69.8 cm³/mol. The number of likely N-dealkylation sites (tertiary alicyclic amines) is 1. The van der Waals surface area contributed by atoms with Crippen LogP contribution in [0.25, 0.3) is 0 Å². The molecule has 1 aliphatic rings. The zero-order valence-corrected chi connectivity index (χ0v) is 10.2. The van der Waals surface area contributed by atoms with E-state index in [4.69, 9.17) is 5.73 Å². The summed E-state index contributed by atoms with van der Waals surface area (Å²) in [6, 6.07) is 5.95. The molecule has 0 amide bonds. The minimum atomic E-state index is -0.512. The van der Waals surface area contributed by atoms with Crippen molar-refractivity contribution in [3.05, 3.63) is 23.8 Å². The molecule has 0 atom stereocenters. The Balaban J connectivity index is 2.05. The molecule has 0 unspecified atom stereocenters. The number of nitrogens with two attached hydrogens (primary N) is 1. The normalized spacial score (nSPS) is 18.2. The van der Waals surface area contributed by atoms with Crippen LogP contribution >= 0.6 is 0 Å². The van der Waals surface area contributed by atoms with Gasteiger partial charge in [-0.05, 0) is 45.1 Å². The first-order valence-corrected chi connectivity index (χ1v) is 6.09. The first kappa shape index (κ1) is 12.2. The molecule has 1 aromatic rings. The van der Waals surface area contributed by atoms with Crippen LogP contribution in [0.4, 0.5) is 15.8 Å². The lowest BCUT2D eigenvalue weighted by atomic mass is 10.0. The van der Waals surface area contributed by atoms with Crippen LogP contribution in [-0.2, 0) is 6.67 Å². The first-order chi connectivity index (χ1) is 8.20. The van der Waals surface area contributed by atoms with E-state index in [1.165, 1.54) is 0 Å². The Hall–Kier alpha value is -1.29. The third-order valence-electron chi connectivity index (χ3n) is 3.42. The number of hydrogen-bond acceptors (Lipinski definition) is 3. The van der Waals surface area contributed by atoms with Crippen LogP contribution in [0, 0.1) is 0 Å². The van der Waals surface area contributed by atoms with Gasteiger partial charge in [-0.2, -0.15) is 0 Å². The standard InChI is InChI=1S/C13H20FN3/c1-17-7-5-10(6-8-17)16-13-4-2-3-12(15)11(13)9-14/h2-4,10,16H,5-9,15H2,1H3. The fourth-order valence-corrected chi connectivity index (χ4v) is 2.26. The van der Waals surface area contributed by atoms with Gasteiger partial charge in [-0.1, -0.05) is 6.07 Å². The summed E-state index contributed by atoms with van der Waals surface area (Å²) in [5.41, 5.74) is 7.74. The monoisotopic (exact) mass is 237 g/mol. The van der Waals surface area contributed by atoms with Crippen molar-refractivity contribution >= 4 is 11.4 Å². The maximum absolute atomic E-state index is 12.9. The van der Waals surface area contributed by atoms with Crippen molar-refractivity contribution in [2.75, 3.05) is 31.2 Å². The van der Waals surface area contributed by atoms with Gasteiger partial charge in [0.2, 0.25) is 0 Å². The maximum Gasteiger partial charge on any atom is 0.118 e. The molecule has 94 valence electrons. The summed E-state index contributed by atoms with van der Waals surface area (Å²) >= 11 is 0. The molecule has 1 saturated heterocycles. The van der Waals surface area contributed by atoms with Crippen LogP contribution in [0.2, 0.25) is 0 Å². The van der Waals surface area contributed by atoms with E-state index in [1.54, 1.807) is 6.07 Å². The van der Waals surface area contributed by atoms with Gasteiger partial charge in [-0.3, -0.25) is 0 Å². The highest BCUT2D eigenvalue weighted by Crippen LogP contribution is 2.25. The van der Waals surface area contributed by atoms with E-state index in [0.29, 0.717) is 17.3 Å². The maximum atomic E-state index is 12.9. The van der Waals surface area contributed by atoms with Gasteiger partial charge < -0.3 is 16.0 Å². The highest BCUT2D eigenvalue weighted by atomic mass is 19.1. The lowest BCUT2D eigenvalue weighted by molar-refractivity contribution is 0.264. The van der Waals surface area contributed by atoms with Gasteiger partial charge in [0.25, 0.3) is 0 Å². The van der Waals surface area contributed by atoms with Crippen molar-refractivity contribution in [3.8, 4) is 0 Å². The third-order valence-corrected chi connectivity index (χ3v) is 3.42. The van der Waals surface area contributed by atoms with Gasteiger partial charge in [-0.15, -0.1) is 0 Å². The van der Waals surface area contributed by atoms with Crippen LogP contribution in [0.3, 0.4) is 0 Å². The molecule has 1 fully saturated rings. The summed E-state index contributed by atoms with van der Waals surface area (Å²) in [4.78, 5) is 2.31. The molecule has 1 heterocycles. The Labute approximate surface area is 102 Å². The number of nitrogen functional groups attached to an aromatic ring is 1. The number of benzene rings is 1. The molecule has 1 aromatic carbocycles. The van der Waals surface area contributed by atoms with Crippen LogP contribution in [0.15, 0.2) is 18.2 Å². The summed E-state index contributed by atoms with van der Waals surface area (Å²) in [5, 5.41) is 3.42. The second-order valence-electron chi connectivity index (χ2n) is 4.73. The molecular weight excluding hydrogens is 217 g/mol. The SMILES string of the molecule is CN1CCC(Nc2cccc(N)c2CF)CC1. The molecule has 0 bridgehead atoms. The van der Waals surface area contributed by atoms with Crippen LogP contribution in [-0.4, -0.2) is 31.1 Å². The van der Waals surface area contributed by atoms with Crippen molar-refractivity contribution in [2.24, 2.45) is 0 Å². The minimum Gasteiger partial charge on any atom is -0.398 e. The number of nitrogens with zero attached hydrogens (tertiary/aromatic N) is 1. The number of anilines is 2. The largest absolute Gasteiger partial charge is 0.398 e. The molecular formula is C13H20FN3. The van der Waals surface area contributed by atoms with Crippen LogP contribution < -0.4 is 11.1 Å². The summed E-state index contributed by atoms with van der Waals surface area (Å²) in [5.74, 6) is 0.